The minimum absolute atomic E-state index is 0.0532. The smallest absolute Gasteiger partial charge is 0.328 e. The van der Waals surface area contributed by atoms with Crippen LogP contribution in [0.15, 0.2) is 149 Å². The highest BCUT2D eigenvalue weighted by Crippen LogP contribution is 2.18. The maximum atomic E-state index is 13.5. The standard InChI is InChI=1S/C12H9BrF2N2O2.2C12H10F2N2O2.C8H8F2N2O.C7H7F2N.C4H4O2/c1-6-10(13)11(18)16-12(19)17(6)5-7-8(14)3-2-4-9(7)15;1-7-5-11(17)15-12(18)16(7)6-8-9(13)3-2-4-10(8)14;1-7-5-11(17)16(12(18)15-7)6-8-9(13)3-2-4-10(8)14;9-6-2-1-3-7(10)5(6)4-12-8(11)13;8-6-2-1-3-7(9)5(6)4-10;1-3-2-4(5)6-3/h2-4H,5H2,1H3,(H,16,18,19);2-5H,6H2,1H3,(H,15,17,18);2-5H,6H2,1H3,(H,15,18);1-3H,4H2,(H3,11,12,13);1-3H,4,10H2;1-2H2. The zero-order chi connectivity index (χ0) is 62.7. The van der Waals surface area contributed by atoms with Crippen LogP contribution in [0.1, 0.15) is 51.3 Å². The molecule has 9 rings (SSSR count). The third-order valence-corrected chi connectivity index (χ3v) is 12.2. The number of nitrogens with zero attached hydrogens (tertiary/aromatic N) is 3. The lowest BCUT2D eigenvalue weighted by atomic mass is 10.2. The van der Waals surface area contributed by atoms with Gasteiger partial charge in [0.05, 0.1) is 26.2 Å². The molecule has 18 nitrogen and oxygen atoms in total. The van der Waals surface area contributed by atoms with Crippen molar-refractivity contribution in [2.75, 3.05) is 0 Å². The number of aromatic nitrogens is 6. The Morgan fingerprint density at radius 3 is 1.25 bits per heavy atom. The Hall–Kier alpha value is -9.64. The minimum Gasteiger partial charge on any atom is -0.431 e. The molecule has 444 valence electrons. The molecule has 0 spiro atoms. The summed E-state index contributed by atoms with van der Waals surface area (Å²) >= 11 is 3.02. The van der Waals surface area contributed by atoms with Gasteiger partial charge in [0.1, 0.15) is 74.8 Å². The SMILES string of the molecule is C=C1CC(=O)O1.Cc1c(Br)c(=O)[nH]c(=O)n1Cc1c(F)cccc1F.Cc1cc(=O)[nH]c(=O)n1Cc1c(F)cccc1F.Cc1cc(=O)n(Cc2c(F)cccc2F)c(=O)[nH]1.NC(=O)NCc1c(F)cccc1F.NCc1c(F)cccc1F. The van der Waals surface area contributed by atoms with Crippen molar-refractivity contribution in [3.8, 4) is 0 Å². The molecule has 3 aromatic heterocycles. The molecule has 0 radical (unpaired) electrons. The van der Waals surface area contributed by atoms with Gasteiger partial charge in [-0.1, -0.05) is 36.9 Å². The molecular formula is C55H48BrF10N9O9. The van der Waals surface area contributed by atoms with E-state index in [9.17, 15) is 82.3 Å². The van der Waals surface area contributed by atoms with Crippen LogP contribution in [0.5, 0.6) is 0 Å². The lowest BCUT2D eigenvalue weighted by molar-refractivity contribution is -0.148. The molecule has 5 aromatic carbocycles. The Labute approximate surface area is 475 Å². The van der Waals surface area contributed by atoms with Crippen LogP contribution in [0.3, 0.4) is 0 Å². The second kappa shape index (κ2) is 31.0. The molecule has 8 aromatic rings. The largest absolute Gasteiger partial charge is 0.431 e. The molecule has 8 N–H and O–H groups in total. The monoisotopic (exact) mass is 1250 g/mol. The molecule has 1 saturated heterocycles. The molecule has 0 atom stereocenters. The highest BCUT2D eigenvalue weighted by Gasteiger charge is 2.19. The summed E-state index contributed by atoms with van der Waals surface area (Å²) in [5.74, 6) is -6.67. The molecule has 4 heterocycles. The molecule has 1 aliphatic rings. The van der Waals surface area contributed by atoms with Crippen LogP contribution in [0.25, 0.3) is 0 Å². The lowest BCUT2D eigenvalue weighted by Crippen LogP contribution is -2.35. The number of aromatic amines is 3. The first kappa shape index (κ1) is 66.9. The number of H-pyrrole nitrogens is 3. The predicted molar refractivity (Wildman–Crippen MR) is 289 cm³/mol. The van der Waals surface area contributed by atoms with Gasteiger partial charge in [0, 0.05) is 63.6 Å². The van der Waals surface area contributed by atoms with E-state index in [1.165, 1.54) is 68.4 Å². The number of hydrogen-bond donors (Lipinski definition) is 6. The van der Waals surface area contributed by atoms with Gasteiger partial charge in [0.15, 0.2) is 0 Å². The van der Waals surface area contributed by atoms with Crippen LogP contribution in [0.4, 0.5) is 48.7 Å². The Morgan fingerprint density at radius 2 is 0.917 bits per heavy atom. The maximum Gasteiger partial charge on any atom is 0.328 e. The third kappa shape index (κ3) is 19.0. The van der Waals surface area contributed by atoms with Gasteiger partial charge >= 0.3 is 29.1 Å². The number of ether oxygens (including phenoxy) is 1. The Bertz CT molecular complexity index is 3930. The van der Waals surface area contributed by atoms with Crippen molar-refractivity contribution in [1.82, 2.24) is 34.0 Å². The normalized spacial score (nSPS) is 11.0. The second-order valence-corrected chi connectivity index (χ2v) is 18.0. The average molecular weight is 1250 g/mol. The van der Waals surface area contributed by atoms with E-state index >= 15 is 0 Å². The van der Waals surface area contributed by atoms with Gasteiger partial charge in [-0.2, -0.15) is 0 Å². The Balaban J connectivity index is 0.000000222. The Kier molecular flexibility index (Phi) is 24.7. The number of hydrogen-bond acceptors (Lipinski definition) is 10. The van der Waals surface area contributed by atoms with E-state index < -0.39 is 104 Å². The molecule has 0 bridgehead atoms. The molecule has 1 aliphatic heterocycles. The van der Waals surface area contributed by atoms with E-state index in [2.05, 4.69) is 42.5 Å². The summed E-state index contributed by atoms with van der Waals surface area (Å²) < 4.78 is 139. The van der Waals surface area contributed by atoms with Crippen molar-refractivity contribution < 1.29 is 58.2 Å². The van der Waals surface area contributed by atoms with Crippen LogP contribution < -0.4 is 50.5 Å². The van der Waals surface area contributed by atoms with Crippen molar-refractivity contribution in [2.24, 2.45) is 11.5 Å². The minimum atomic E-state index is -0.817. The number of halogens is 11. The quantitative estimate of drug-likeness (QED) is 0.0621. The van der Waals surface area contributed by atoms with Gasteiger partial charge in [-0.15, -0.1) is 0 Å². The van der Waals surface area contributed by atoms with Crippen LogP contribution in [-0.2, 0) is 42.3 Å². The van der Waals surface area contributed by atoms with Gasteiger partial charge in [-0.3, -0.25) is 42.8 Å². The number of primary amides is 1. The lowest BCUT2D eigenvalue weighted by Gasteiger charge is -2.12. The summed E-state index contributed by atoms with van der Waals surface area (Å²) in [4.78, 5) is 95.3. The molecule has 0 unspecified atom stereocenters. The van der Waals surface area contributed by atoms with E-state index in [4.69, 9.17) is 11.5 Å². The molecule has 0 saturated carbocycles. The average Bonchev–Trinajstić information content (AvgIpc) is 3.47. The van der Waals surface area contributed by atoms with Crippen LogP contribution >= 0.6 is 15.9 Å². The molecule has 84 heavy (non-hydrogen) atoms. The number of amides is 2. The molecule has 2 amide bonds. The first-order valence-electron chi connectivity index (χ1n) is 23.9. The molecular weight excluding hydrogens is 1200 g/mol. The van der Waals surface area contributed by atoms with Crippen LogP contribution in [-0.4, -0.2) is 40.7 Å². The number of nitrogens with two attached hydrogens (primary N) is 2. The fourth-order valence-corrected chi connectivity index (χ4v) is 7.22. The third-order valence-electron chi connectivity index (χ3n) is 11.3. The summed E-state index contributed by atoms with van der Waals surface area (Å²) in [5, 5.41) is 2.10. The van der Waals surface area contributed by atoms with E-state index in [1.54, 1.807) is 6.92 Å². The zero-order valence-corrected chi connectivity index (χ0v) is 45.7. The van der Waals surface area contributed by atoms with Crippen molar-refractivity contribution in [2.45, 2.75) is 59.9 Å². The van der Waals surface area contributed by atoms with Crippen LogP contribution in [0.2, 0.25) is 0 Å². The topological polar surface area (TPSA) is 272 Å². The summed E-state index contributed by atoms with van der Waals surface area (Å²) in [6.45, 7) is 6.62. The van der Waals surface area contributed by atoms with Crippen molar-refractivity contribution in [3.05, 3.63) is 286 Å². The van der Waals surface area contributed by atoms with E-state index in [1.807, 2.05) is 4.98 Å². The van der Waals surface area contributed by atoms with Crippen LogP contribution in [0, 0.1) is 78.9 Å². The fourth-order valence-electron chi connectivity index (χ4n) is 6.91. The first-order chi connectivity index (χ1) is 39.5. The summed E-state index contributed by atoms with van der Waals surface area (Å²) in [5.41, 5.74) is 6.04. The van der Waals surface area contributed by atoms with Crippen molar-refractivity contribution in [1.29, 1.82) is 0 Å². The second-order valence-electron chi connectivity index (χ2n) is 17.2. The molecule has 29 heteroatoms. The number of rotatable bonds is 9. The van der Waals surface area contributed by atoms with E-state index in [-0.39, 0.29) is 64.4 Å². The predicted octanol–water partition coefficient (Wildman–Crippen LogP) is 7.28. The number of aryl methyl sites for hydroxylation is 2. The van der Waals surface area contributed by atoms with Gasteiger partial charge in [0.25, 0.3) is 16.7 Å². The first-order valence-corrected chi connectivity index (χ1v) is 24.7. The number of carbonyl (C=O) groups is 2. The summed E-state index contributed by atoms with van der Waals surface area (Å²) in [7, 11) is 0. The number of esters is 1. The number of nitrogens with one attached hydrogen (secondary N) is 4. The van der Waals surface area contributed by atoms with Crippen molar-refractivity contribution >= 4 is 27.9 Å². The van der Waals surface area contributed by atoms with Gasteiger partial charge in [-0.25, -0.2) is 63.1 Å². The van der Waals surface area contributed by atoms with Gasteiger partial charge < -0.3 is 26.5 Å². The highest BCUT2D eigenvalue weighted by atomic mass is 79.9. The molecule has 1 fully saturated rings. The number of benzene rings is 5. The molecule has 0 aliphatic carbocycles. The van der Waals surface area contributed by atoms with Gasteiger partial charge in [-0.05, 0) is 97.4 Å². The number of urea groups is 1. The summed E-state index contributed by atoms with van der Waals surface area (Å²) in [6.07, 6.45) is 0.417. The number of cyclic esters (lactones) is 1. The highest BCUT2D eigenvalue weighted by molar-refractivity contribution is 9.10. The fraction of sp³-hybridized carbons (Fsp3) is 0.164. The van der Waals surface area contributed by atoms with E-state index in [0.29, 0.717) is 29.3 Å². The Morgan fingerprint density at radius 1 is 0.560 bits per heavy atom. The van der Waals surface area contributed by atoms with Crippen molar-refractivity contribution in [3.63, 3.8) is 0 Å². The van der Waals surface area contributed by atoms with Gasteiger partial charge in [0.2, 0.25) is 0 Å². The number of carbonyl (C=O) groups excluding carboxylic acids is 2. The maximum absolute atomic E-state index is 13.5. The summed E-state index contributed by atoms with van der Waals surface area (Å²) in [6, 6.07) is 19.0. The zero-order valence-electron chi connectivity index (χ0n) is 44.1. The van der Waals surface area contributed by atoms with E-state index in [0.717, 1.165) is 62.2 Å².